The smallest absolute Gasteiger partial charge is 0.297 e. The Morgan fingerprint density at radius 3 is 1.56 bits per heavy atom. The number of hydrogen-bond acceptors (Lipinski definition) is 8. The highest BCUT2D eigenvalue weighted by atomic mass is 32.2. The molecule has 43 heavy (non-hydrogen) atoms. The van der Waals surface area contributed by atoms with Gasteiger partial charge in [-0.15, -0.1) is 0 Å². The number of benzene rings is 4. The lowest BCUT2D eigenvalue weighted by Crippen LogP contribution is -2.61. The fourth-order valence-electron chi connectivity index (χ4n) is 4.83. The Labute approximate surface area is 252 Å². The van der Waals surface area contributed by atoms with Gasteiger partial charge in [0.05, 0.1) is 31.3 Å². The second-order valence-corrected chi connectivity index (χ2v) is 12.0. The van der Waals surface area contributed by atoms with Gasteiger partial charge in [-0.25, -0.2) is 0 Å². The average Bonchev–Trinajstić information content (AvgIpc) is 3.03. The average molecular weight is 605 g/mol. The molecule has 0 spiro atoms. The van der Waals surface area contributed by atoms with Crippen molar-refractivity contribution in [2.75, 3.05) is 6.61 Å². The topological polar surface area (TPSA) is 101 Å². The summed E-state index contributed by atoms with van der Waals surface area (Å²) in [5, 5.41) is 11.2. The van der Waals surface area contributed by atoms with Crippen LogP contribution in [0.3, 0.4) is 0 Å². The standard InChI is InChI=1S/C34H36O8S/c1-25-17-19-29(20-18-25)43(36,37)41-24-30-31(38-21-26-11-5-2-6-12-26)32(39-22-27-13-7-3-8-14-27)33(34(35)42-30)40-23-28-15-9-4-10-16-28/h2-20,30-35H,21-24H2,1H3/t30-,31-,32+,33+,34+/m1/s1. The van der Waals surface area contributed by atoms with Crippen molar-refractivity contribution in [1.29, 1.82) is 0 Å². The zero-order valence-corrected chi connectivity index (χ0v) is 24.7. The molecular formula is C34H36O8S. The fraction of sp³-hybridized carbons (Fsp3) is 0.294. The minimum atomic E-state index is -4.11. The van der Waals surface area contributed by atoms with E-state index in [4.69, 9.17) is 23.1 Å². The Hall–Kier alpha value is -3.41. The third kappa shape index (κ3) is 8.58. The van der Waals surface area contributed by atoms with E-state index < -0.39 is 47.4 Å². The van der Waals surface area contributed by atoms with Gasteiger partial charge in [0.2, 0.25) is 0 Å². The zero-order chi connectivity index (χ0) is 30.1. The predicted octanol–water partition coefficient (Wildman–Crippen LogP) is 5.17. The summed E-state index contributed by atoms with van der Waals surface area (Å²) < 4.78 is 56.5. The molecule has 1 fully saturated rings. The second-order valence-electron chi connectivity index (χ2n) is 10.4. The number of aryl methyl sites for hydroxylation is 1. The Morgan fingerprint density at radius 2 is 1.07 bits per heavy atom. The van der Waals surface area contributed by atoms with Gasteiger partial charge >= 0.3 is 0 Å². The maximum absolute atomic E-state index is 13.0. The highest BCUT2D eigenvalue weighted by Gasteiger charge is 2.48. The lowest BCUT2D eigenvalue weighted by molar-refractivity contribution is -0.314. The first-order chi connectivity index (χ1) is 20.9. The summed E-state index contributed by atoms with van der Waals surface area (Å²) in [6, 6.07) is 35.1. The molecule has 0 unspecified atom stereocenters. The summed E-state index contributed by atoms with van der Waals surface area (Å²) in [4.78, 5) is 0.0251. The monoisotopic (exact) mass is 604 g/mol. The van der Waals surface area contributed by atoms with E-state index >= 15 is 0 Å². The first-order valence-corrected chi connectivity index (χ1v) is 15.6. The molecule has 1 saturated heterocycles. The van der Waals surface area contributed by atoms with Crippen molar-refractivity contribution < 1.29 is 36.7 Å². The first kappa shape index (κ1) is 31.0. The highest BCUT2D eigenvalue weighted by molar-refractivity contribution is 7.86. The maximum atomic E-state index is 13.0. The van der Waals surface area contributed by atoms with Gasteiger partial charge in [-0.2, -0.15) is 8.42 Å². The minimum Gasteiger partial charge on any atom is -0.368 e. The molecule has 0 aromatic heterocycles. The lowest BCUT2D eigenvalue weighted by atomic mass is 9.98. The van der Waals surface area contributed by atoms with Crippen LogP contribution in [0.2, 0.25) is 0 Å². The van der Waals surface area contributed by atoms with Crippen molar-refractivity contribution in [3.8, 4) is 0 Å². The Kier molecular flexibility index (Phi) is 10.7. The largest absolute Gasteiger partial charge is 0.368 e. The van der Waals surface area contributed by atoms with Gasteiger partial charge in [0, 0.05) is 0 Å². The van der Waals surface area contributed by atoms with Crippen LogP contribution < -0.4 is 0 Å². The van der Waals surface area contributed by atoms with Gasteiger partial charge in [-0.1, -0.05) is 109 Å². The van der Waals surface area contributed by atoms with Crippen LogP contribution in [0, 0.1) is 6.92 Å². The van der Waals surface area contributed by atoms with Gasteiger partial charge in [0.15, 0.2) is 6.29 Å². The van der Waals surface area contributed by atoms with Crippen LogP contribution in [0.5, 0.6) is 0 Å². The zero-order valence-electron chi connectivity index (χ0n) is 23.9. The minimum absolute atomic E-state index is 0.0251. The number of aliphatic hydroxyl groups excluding tert-OH is 1. The van der Waals surface area contributed by atoms with Crippen LogP contribution in [0.4, 0.5) is 0 Å². The normalized spacial score (nSPS) is 22.3. The molecule has 1 heterocycles. The van der Waals surface area contributed by atoms with E-state index in [1.54, 1.807) is 12.1 Å². The summed E-state index contributed by atoms with van der Waals surface area (Å²) in [7, 11) is -4.11. The van der Waals surface area contributed by atoms with Gasteiger partial charge in [0.1, 0.15) is 24.4 Å². The molecule has 4 aromatic carbocycles. The summed E-state index contributed by atoms with van der Waals surface area (Å²) in [6.07, 6.45) is -5.03. The molecule has 1 N–H and O–H groups in total. The van der Waals surface area contributed by atoms with E-state index in [0.717, 1.165) is 22.3 Å². The third-order valence-electron chi connectivity index (χ3n) is 7.16. The lowest BCUT2D eigenvalue weighted by Gasteiger charge is -2.44. The van der Waals surface area contributed by atoms with Crippen molar-refractivity contribution in [3.05, 3.63) is 138 Å². The summed E-state index contributed by atoms with van der Waals surface area (Å²) in [6.45, 7) is 2.08. The molecular weight excluding hydrogens is 568 g/mol. The Balaban J connectivity index is 1.40. The van der Waals surface area contributed by atoms with Gasteiger partial charge in [0.25, 0.3) is 10.1 Å². The van der Waals surface area contributed by atoms with E-state index in [0.29, 0.717) is 0 Å². The molecule has 1 aliphatic rings. The molecule has 0 amide bonds. The number of aliphatic hydroxyl groups is 1. The molecule has 0 radical (unpaired) electrons. The van der Waals surface area contributed by atoms with Crippen LogP contribution >= 0.6 is 0 Å². The highest BCUT2D eigenvalue weighted by Crippen LogP contribution is 2.30. The van der Waals surface area contributed by atoms with Crippen LogP contribution in [0.15, 0.2) is 120 Å². The van der Waals surface area contributed by atoms with Crippen LogP contribution in [-0.2, 0) is 53.1 Å². The van der Waals surface area contributed by atoms with E-state index in [1.165, 1.54) is 12.1 Å². The molecule has 0 saturated carbocycles. The summed E-state index contributed by atoms with van der Waals surface area (Å²) >= 11 is 0. The van der Waals surface area contributed by atoms with Crippen molar-refractivity contribution in [2.45, 2.75) is 62.3 Å². The number of hydrogen-bond donors (Lipinski definition) is 1. The van der Waals surface area contributed by atoms with E-state index in [-0.39, 0.29) is 24.7 Å². The molecule has 9 heteroatoms. The predicted molar refractivity (Wildman–Crippen MR) is 160 cm³/mol. The molecule has 5 rings (SSSR count). The van der Waals surface area contributed by atoms with Gasteiger partial charge in [-0.3, -0.25) is 4.18 Å². The van der Waals surface area contributed by atoms with E-state index in [9.17, 15) is 13.5 Å². The first-order valence-electron chi connectivity index (χ1n) is 14.2. The van der Waals surface area contributed by atoms with Crippen molar-refractivity contribution >= 4 is 10.1 Å². The number of rotatable bonds is 13. The molecule has 0 aliphatic carbocycles. The molecule has 0 bridgehead atoms. The Bertz CT molecular complexity index is 1500. The van der Waals surface area contributed by atoms with Crippen molar-refractivity contribution in [1.82, 2.24) is 0 Å². The van der Waals surface area contributed by atoms with Crippen LogP contribution in [0.25, 0.3) is 0 Å². The van der Waals surface area contributed by atoms with E-state index in [2.05, 4.69) is 0 Å². The molecule has 4 aromatic rings. The maximum Gasteiger partial charge on any atom is 0.297 e. The Morgan fingerprint density at radius 1 is 0.628 bits per heavy atom. The molecule has 226 valence electrons. The van der Waals surface area contributed by atoms with Crippen LogP contribution in [-0.4, -0.2) is 50.8 Å². The number of ether oxygens (including phenoxy) is 4. The molecule has 1 aliphatic heterocycles. The van der Waals surface area contributed by atoms with Gasteiger partial charge in [-0.05, 0) is 35.7 Å². The van der Waals surface area contributed by atoms with Crippen LogP contribution in [0.1, 0.15) is 22.3 Å². The van der Waals surface area contributed by atoms with E-state index in [1.807, 2.05) is 97.9 Å². The van der Waals surface area contributed by atoms with Gasteiger partial charge < -0.3 is 24.1 Å². The SMILES string of the molecule is Cc1ccc(S(=O)(=O)OC[C@H]2O[C@H](O)[C@@H](OCc3ccccc3)[C@@H](OCc3ccccc3)[C@@H]2OCc2ccccc2)cc1. The summed E-state index contributed by atoms with van der Waals surface area (Å²) in [5.41, 5.74) is 3.66. The third-order valence-corrected chi connectivity index (χ3v) is 8.46. The molecule has 8 nitrogen and oxygen atoms in total. The second kappa shape index (κ2) is 14.9. The van der Waals surface area contributed by atoms with Crippen molar-refractivity contribution in [3.63, 3.8) is 0 Å². The fourth-order valence-corrected chi connectivity index (χ4v) is 5.75. The van der Waals surface area contributed by atoms with Crippen molar-refractivity contribution in [2.24, 2.45) is 0 Å². The quantitative estimate of drug-likeness (QED) is 0.209. The summed E-state index contributed by atoms with van der Waals surface area (Å²) in [5.74, 6) is 0. The molecule has 5 atom stereocenters.